The molecule has 0 amide bonds. The number of aromatic nitrogens is 2. The number of fused-ring (bicyclic) bond motifs is 2. The number of alkyl halides is 2. The van der Waals surface area contributed by atoms with Crippen LogP contribution in [0.25, 0.3) is 5.52 Å². The third-order valence-corrected chi connectivity index (χ3v) is 5.03. The van der Waals surface area contributed by atoms with E-state index >= 15 is 0 Å². The van der Waals surface area contributed by atoms with Crippen LogP contribution in [0.3, 0.4) is 0 Å². The zero-order valence-electron chi connectivity index (χ0n) is 12.3. The van der Waals surface area contributed by atoms with E-state index in [1.807, 2.05) is 0 Å². The normalized spacial score (nSPS) is 18.7. The zero-order valence-corrected chi connectivity index (χ0v) is 13.2. The summed E-state index contributed by atoms with van der Waals surface area (Å²) < 4.78 is 43.8. The Morgan fingerprint density at radius 2 is 1.96 bits per heavy atom. The van der Waals surface area contributed by atoms with Crippen LogP contribution in [-0.2, 0) is 5.92 Å². The second kappa shape index (κ2) is 4.44. The molecule has 23 heavy (non-hydrogen) atoms. The fraction of sp³-hybridized carbons (Fsp3) is 0.250. The van der Waals surface area contributed by atoms with Crippen molar-refractivity contribution in [2.24, 2.45) is 4.99 Å². The molecule has 1 aliphatic rings. The first-order valence-electron chi connectivity index (χ1n) is 7.01. The molecule has 0 unspecified atom stereocenters. The summed E-state index contributed by atoms with van der Waals surface area (Å²) in [6, 6.07) is 6.05. The quantitative estimate of drug-likeness (QED) is 0.653. The molecule has 0 fully saturated rings. The minimum atomic E-state index is -3.04. The van der Waals surface area contributed by atoms with Gasteiger partial charge in [-0.3, -0.25) is 4.99 Å². The lowest BCUT2D eigenvalue weighted by Gasteiger charge is -2.35. The van der Waals surface area contributed by atoms with E-state index in [1.165, 1.54) is 43.5 Å². The lowest BCUT2D eigenvalue weighted by atomic mass is 9.86. The molecule has 7 heteroatoms. The van der Waals surface area contributed by atoms with Crippen LogP contribution < -0.4 is 0 Å². The summed E-state index contributed by atoms with van der Waals surface area (Å²) >= 11 is 1.22. The van der Waals surface area contributed by atoms with Gasteiger partial charge in [0, 0.05) is 11.1 Å². The largest absolute Gasteiger partial charge is 0.298 e. The summed E-state index contributed by atoms with van der Waals surface area (Å²) in [5.41, 5.74) is 0.0516. The summed E-state index contributed by atoms with van der Waals surface area (Å²) in [5.74, 6) is -3.51. The van der Waals surface area contributed by atoms with Crippen LogP contribution >= 0.6 is 11.3 Å². The van der Waals surface area contributed by atoms with Gasteiger partial charge in [-0.2, -0.15) is 18.3 Å². The summed E-state index contributed by atoms with van der Waals surface area (Å²) in [5, 5.41) is 5.67. The van der Waals surface area contributed by atoms with Crippen molar-refractivity contribution in [3.63, 3.8) is 0 Å². The van der Waals surface area contributed by atoms with Crippen molar-refractivity contribution in [1.82, 2.24) is 9.61 Å². The van der Waals surface area contributed by atoms with E-state index in [-0.39, 0.29) is 5.56 Å². The van der Waals surface area contributed by atoms with Gasteiger partial charge in [0.25, 0.3) is 5.92 Å². The van der Waals surface area contributed by atoms with Gasteiger partial charge in [0.05, 0.1) is 22.3 Å². The number of rotatable bonds is 1. The predicted molar refractivity (Wildman–Crippen MR) is 83.1 cm³/mol. The van der Waals surface area contributed by atoms with Crippen molar-refractivity contribution in [1.29, 1.82) is 0 Å². The average Bonchev–Trinajstić information content (AvgIpc) is 3.11. The Morgan fingerprint density at radius 1 is 1.17 bits per heavy atom. The van der Waals surface area contributed by atoms with Crippen LogP contribution in [0.5, 0.6) is 0 Å². The lowest BCUT2D eigenvalue weighted by Crippen LogP contribution is -2.43. The summed E-state index contributed by atoms with van der Waals surface area (Å²) in [4.78, 5) is 4.74. The second-order valence-corrected chi connectivity index (χ2v) is 6.91. The SMILES string of the molecule is CC1(C)N=C(c2cnn3c(F)ccc3c2)c2sccc2C1(F)F. The number of hydrogen-bond donors (Lipinski definition) is 0. The minimum absolute atomic E-state index is 0.0149. The molecule has 0 aliphatic carbocycles. The molecule has 0 spiro atoms. The van der Waals surface area contributed by atoms with Gasteiger partial charge in [-0.15, -0.1) is 11.3 Å². The molecule has 3 aromatic heterocycles. The predicted octanol–water partition coefficient (Wildman–Crippen LogP) is 4.26. The summed E-state index contributed by atoms with van der Waals surface area (Å²) in [7, 11) is 0. The average molecular weight is 335 g/mol. The third-order valence-electron chi connectivity index (χ3n) is 4.11. The topological polar surface area (TPSA) is 29.7 Å². The van der Waals surface area contributed by atoms with Gasteiger partial charge in [0.1, 0.15) is 5.54 Å². The van der Waals surface area contributed by atoms with E-state index < -0.39 is 17.4 Å². The number of hydrogen-bond acceptors (Lipinski definition) is 3. The van der Waals surface area contributed by atoms with E-state index in [2.05, 4.69) is 10.1 Å². The third kappa shape index (κ3) is 1.89. The van der Waals surface area contributed by atoms with Gasteiger partial charge < -0.3 is 0 Å². The van der Waals surface area contributed by atoms with E-state index in [0.717, 1.165) is 4.52 Å². The van der Waals surface area contributed by atoms with E-state index in [1.54, 1.807) is 17.5 Å². The van der Waals surface area contributed by atoms with Gasteiger partial charge in [-0.1, -0.05) is 0 Å². The highest BCUT2D eigenvalue weighted by molar-refractivity contribution is 7.12. The van der Waals surface area contributed by atoms with Crippen molar-refractivity contribution in [3.05, 3.63) is 57.8 Å². The Kier molecular flexibility index (Phi) is 2.79. The smallest absolute Gasteiger partial charge is 0.270 e. The molecular formula is C16H12F3N3S. The number of thiophene rings is 1. The maximum Gasteiger partial charge on any atom is 0.298 e. The molecule has 3 aromatic rings. The Hall–Kier alpha value is -2.15. The fourth-order valence-electron chi connectivity index (χ4n) is 2.76. The highest BCUT2D eigenvalue weighted by Crippen LogP contribution is 2.48. The first kappa shape index (κ1) is 14.4. The number of halogens is 3. The number of nitrogens with zero attached hydrogens (tertiary/aromatic N) is 3. The zero-order chi connectivity index (χ0) is 16.4. The lowest BCUT2D eigenvalue weighted by molar-refractivity contribution is -0.0677. The molecular weight excluding hydrogens is 323 g/mol. The van der Waals surface area contributed by atoms with Crippen LogP contribution in [0, 0.1) is 5.95 Å². The van der Waals surface area contributed by atoms with Crippen LogP contribution in [-0.4, -0.2) is 20.9 Å². The highest BCUT2D eigenvalue weighted by atomic mass is 32.1. The van der Waals surface area contributed by atoms with Gasteiger partial charge in [0.15, 0.2) is 0 Å². The van der Waals surface area contributed by atoms with E-state index in [0.29, 0.717) is 21.7 Å². The van der Waals surface area contributed by atoms with Crippen molar-refractivity contribution < 1.29 is 13.2 Å². The molecule has 3 nitrogen and oxygen atoms in total. The molecule has 0 saturated carbocycles. The molecule has 4 heterocycles. The summed E-state index contributed by atoms with van der Waals surface area (Å²) in [6.45, 7) is 2.83. The Bertz CT molecular complexity index is 953. The minimum Gasteiger partial charge on any atom is -0.270 e. The summed E-state index contributed by atoms with van der Waals surface area (Å²) in [6.07, 6.45) is 1.46. The van der Waals surface area contributed by atoms with Gasteiger partial charge in [0.2, 0.25) is 5.95 Å². The first-order valence-corrected chi connectivity index (χ1v) is 7.89. The Labute approximate surface area is 134 Å². The van der Waals surface area contributed by atoms with Gasteiger partial charge >= 0.3 is 0 Å². The van der Waals surface area contributed by atoms with E-state index in [9.17, 15) is 13.2 Å². The molecule has 0 aromatic carbocycles. The second-order valence-electron chi connectivity index (χ2n) is 5.99. The Morgan fingerprint density at radius 3 is 2.74 bits per heavy atom. The molecule has 0 bridgehead atoms. The molecule has 0 saturated heterocycles. The van der Waals surface area contributed by atoms with Gasteiger partial charge in [-0.05, 0) is 43.5 Å². The van der Waals surface area contributed by atoms with E-state index in [4.69, 9.17) is 0 Å². The van der Waals surface area contributed by atoms with Crippen LogP contribution in [0.1, 0.15) is 29.9 Å². The van der Waals surface area contributed by atoms with Crippen molar-refractivity contribution in [2.45, 2.75) is 25.3 Å². The molecule has 0 radical (unpaired) electrons. The molecule has 0 N–H and O–H groups in total. The maximum atomic E-state index is 14.6. The van der Waals surface area contributed by atoms with Crippen molar-refractivity contribution in [2.75, 3.05) is 0 Å². The first-order chi connectivity index (χ1) is 10.8. The fourth-order valence-corrected chi connectivity index (χ4v) is 3.70. The van der Waals surface area contributed by atoms with Gasteiger partial charge in [-0.25, -0.2) is 4.52 Å². The molecule has 0 atom stereocenters. The van der Waals surface area contributed by atoms with Crippen LogP contribution in [0.2, 0.25) is 0 Å². The maximum absolute atomic E-state index is 14.6. The van der Waals surface area contributed by atoms with Crippen LogP contribution in [0.15, 0.2) is 40.8 Å². The standard InChI is InChI=1S/C16H12F3N3S/c1-15(2)16(18,19)11-5-6-23-14(11)13(21-15)9-7-10-3-4-12(17)22(10)20-8-9/h3-8H,1-2H3. The molecule has 1 aliphatic heterocycles. The van der Waals surface area contributed by atoms with Crippen molar-refractivity contribution in [3.8, 4) is 0 Å². The van der Waals surface area contributed by atoms with Crippen molar-refractivity contribution >= 4 is 22.6 Å². The number of aliphatic imine (C=N–C) groups is 1. The Balaban J connectivity index is 1.95. The molecule has 4 rings (SSSR count). The monoisotopic (exact) mass is 335 g/mol. The highest BCUT2D eigenvalue weighted by Gasteiger charge is 2.53. The van der Waals surface area contributed by atoms with Crippen LogP contribution in [0.4, 0.5) is 13.2 Å². The molecule has 118 valence electrons.